The molecule has 34 heavy (non-hydrogen) atoms. The predicted molar refractivity (Wildman–Crippen MR) is 129 cm³/mol. The molecule has 1 aromatic heterocycles. The summed E-state index contributed by atoms with van der Waals surface area (Å²) in [6.45, 7) is 12.7. The van der Waals surface area contributed by atoms with E-state index in [1.54, 1.807) is 53.9 Å². The van der Waals surface area contributed by atoms with Crippen LogP contribution in [0.4, 0.5) is 15.3 Å². The maximum absolute atomic E-state index is 13.0. The van der Waals surface area contributed by atoms with Gasteiger partial charge in [0, 0.05) is 18.4 Å². The Kier molecular flexibility index (Phi) is 8.67. The van der Waals surface area contributed by atoms with Gasteiger partial charge in [0.25, 0.3) is 0 Å². The highest BCUT2D eigenvalue weighted by Gasteiger charge is 2.26. The average molecular weight is 474 g/mol. The maximum atomic E-state index is 13.0. The van der Waals surface area contributed by atoms with Crippen molar-refractivity contribution < 1.29 is 23.9 Å². The van der Waals surface area contributed by atoms with Gasteiger partial charge < -0.3 is 30.0 Å². The van der Waals surface area contributed by atoms with Crippen LogP contribution in [0.3, 0.4) is 0 Å². The van der Waals surface area contributed by atoms with Crippen molar-refractivity contribution in [1.82, 2.24) is 20.2 Å². The minimum Gasteiger partial charge on any atom is -0.444 e. The Morgan fingerprint density at radius 3 is 2.26 bits per heavy atom. The van der Waals surface area contributed by atoms with Gasteiger partial charge in [0.05, 0.1) is 18.6 Å². The van der Waals surface area contributed by atoms with Crippen LogP contribution in [0, 0.1) is 6.92 Å². The van der Waals surface area contributed by atoms with E-state index < -0.39 is 35.3 Å². The first-order valence-corrected chi connectivity index (χ1v) is 11.0. The number of amides is 3. The summed E-state index contributed by atoms with van der Waals surface area (Å²) in [4.78, 5) is 41.6. The lowest BCUT2D eigenvalue weighted by Gasteiger charge is -2.24. The molecular weight excluding hydrogens is 438 g/mol. The number of hydrogen-bond acceptors (Lipinski definition) is 6. The molecule has 3 amide bonds. The molecule has 1 aromatic carbocycles. The van der Waals surface area contributed by atoms with Crippen LogP contribution >= 0.6 is 0 Å². The van der Waals surface area contributed by atoms with Crippen LogP contribution in [0.1, 0.15) is 52.8 Å². The Balaban J connectivity index is 2.09. The molecule has 1 atom stereocenters. The fourth-order valence-electron chi connectivity index (χ4n) is 2.90. The van der Waals surface area contributed by atoms with E-state index in [1.165, 1.54) is 0 Å². The molecule has 1 heterocycles. The third-order valence-electron chi connectivity index (χ3n) is 4.18. The van der Waals surface area contributed by atoms with Crippen molar-refractivity contribution in [3.8, 4) is 0 Å². The average Bonchev–Trinajstić information content (AvgIpc) is 3.07. The highest BCUT2D eigenvalue weighted by atomic mass is 16.6. The molecule has 0 radical (unpaired) electrons. The third kappa shape index (κ3) is 9.93. The van der Waals surface area contributed by atoms with E-state index in [0.717, 1.165) is 11.3 Å². The molecule has 0 bridgehead atoms. The number of nitrogens with one attached hydrogen (secondary N) is 3. The van der Waals surface area contributed by atoms with Crippen molar-refractivity contribution in [2.75, 3.05) is 11.9 Å². The quantitative estimate of drug-likeness (QED) is 0.565. The van der Waals surface area contributed by atoms with Crippen LogP contribution in [0.15, 0.2) is 36.8 Å². The summed E-state index contributed by atoms with van der Waals surface area (Å²) in [7, 11) is 0. The van der Waals surface area contributed by atoms with Crippen LogP contribution in [0.25, 0.3) is 0 Å². The fourth-order valence-corrected chi connectivity index (χ4v) is 2.90. The van der Waals surface area contributed by atoms with E-state index in [2.05, 4.69) is 20.9 Å². The molecule has 1 unspecified atom stereocenters. The number of rotatable bonds is 7. The zero-order chi connectivity index (χ0) is 25.5. The van der Waals surface area contributed by atoms with Crippen molar-refractivity contribution in [3.63, 3.8) is 0 Å². The van der Waals surface area contributed by atoms with Gasteiger partial charge in [-0.05, 0) is 66.2 Å². The van der Waals surface area contributed by atoms with E-state index in [-0.39, 0.29) is 6.54 Å². The molecule has 0 fully saturated rings. The number of hydrogen-bond donors (Lipinski definition) is 3. The summed E-state index contributed by atoms with van der Waals surface area (Å²) >= 11 is 0. The van der Waals surface area contributed by atoms with E-state index in [4.69, 9.17) is 9.47 Å². The van der Waals surface area contributed by atoms with E-state index in [1.807, 2.05) is 35.9 Å². The van der Waals surface area contributed by atoms with Gasteiger partial charge in [-0.1, -0.05) is 12.1 Å². The summed E-state index contributed by atoms with van der Waals surface area (Å²) in [5.41, 5.74) is 0.975. The Morgan fingerprint density at radius 1 is 1.03 bits per heavy atom. The number of alkyl carbamates (subject to hydrolysis) is 2. The van der Waals surface area contributed by atoms with Gasteiger partial charge in [-0.25, -0.2) is 14.6 Å². The number of anilines is 1. The monoisotopic (exact) mass is 473 g/mol. The standard InChI is InChI=1S/C24H35N5O5/c1-16-13-29(15-26-16)14-17-9-8-10-18(11-17)27-20(30)19(28-22(32)34-24(5,6)7)12-25-21(31)33-23(2,3)4/h8-11,13,15,19H,12,14H2,1-7H3,(H,25,31)(H,27,30)(H,28,32). The summed E-state index contributed by atoms with van der Waals surface area (Å²) in [6.07, 6.45) is 2.19. The highest BCUT2D eigenvalue weighted by Crippen LogP contribution is 2.13. The van der Waals surface area contributed by atoms with E-state index in [0.29, 0.717) is 12.2 Å². The van der Waals surface area contributed by atoms with Gasteiger partial charge in [0.1, 0.15) is 17.2 Å². The lowest BCUT2D eigenvalue weighted by atomic mass is 10.2. The van der Waals surface area contributed by atoms with Crippen LogP contribution in [-0.2, 0) is 20.8 Å². The number of ether oxygens (including phenoxy) is 2. The third-order valence-corrected chi connectivity index (χ3v) is 4.18. The molecule has 0 aliphatic carbocycles. The van der Waals surface area contributed by atoms with Gasteiger partial charge in [0.15, 0.2) is 0 Å². The molecule has 3 N–H and O–H groups in total. The van der Waals surface area contributed by atoms with Crippen molar-refractivity contribution >= 4 is 23.8 Å². The van der Waals surface area contributed by atoms with Gasteiger partial charge in [0.2, 0.25) is 5.91 Å². The SMILES string of the molecule is Cc1cn(Cc2cccc(NC(=O)C(CNC(=O)OC(C)(C)C)NC(=O)OC(C)(C)C)c2)cn1. The first kappa shape index (κ1) is 26.7. The number of imidazole rings is 1. The molecule has 2 rings (SSSR count). The van der Waals surface area contributed by atoms with Crippen molar-refractivity contribution in [2.45, 2.75) is 72.3 Å². The number of carbonyl (C=O) groups excluding carboxylic acids is 3. The van der Waals surface area contributed by atoms with Gasteiger partial charge >= 0.3 is 12.2 Å². The summed E-state index contributed by atoms with van der Waals surface area (Å²) in [5.74, 6) is -0.516. The van der Waals surface area contributed by atoms with Crippen molar-refractivity contribution in [1.29, 1.82) is 0 Å². The minimum atomic E-state index is -1.10. The number of benzene rings is 1. The molecule has 0 aliphatic heterocycles. The first-order chi connectivity index (χ1) is 15.7. The summed E-state index contributed by atoms with van der Waals surface area (Å²) in [5, 5.41) is 7.82. The van der Waals surface area contributed by atoms with Crippen LogP contribution < -0.4 is 16.0 Å². The highest BCUT2D eigenvalue weighted by molar-refractivity contribution is 5.97. The second kappa shape index (κ2) is 11.0. The maximum Gasteiger partial charge on any atom is 0.408 e. The molecule has 186 valence electrons. The van der Waals surface area contributed by atoms with E-state index in [9.17, 15) is 14.4 Å². The van der Waals surface area contributed by atoms with Crippen LogP contribution in [-0.4, -0.2) is 51.4 Å². The lowest BCUT2D eigenvalue weighted by Crippen LogP contribution is -2.52. The number of aromatic nitrogens is 2. The Hall–Kier alpha value is -3.56. The topological polar surface area (TPSA) is 124 Å². The Labute approximate surface area is 200 Å². The van der Waals surface area contributed by atoms with Crippen LogP contribution in [0.5, 0.6) is 0 Å². The molecule has 2 aromatic rings. The number of nitrogens with zero attached hydrogens (tertiary/aromatic N) is 2. The number of aryl methyl sites for hydroxylation is 1. The zero-order valence-electron chi connectivity index (χ0n) is 20.9. The molecule has 0 aliphatic rings. The van der Waals surface area contributed by atoms with Gasteiger partial charge in [-0.15, -0.1) is 0 Å². The molecule has 0 spiro atoms. The molecular formula is C24H35N5O5. The smallest absolute Gasteiger partial charge is 0.408 e. The summed E-state index contributed by atoms with van der Waals surface area (Å²) in [6, 6.07) is 6.24. The normalized spacial score (nSPS) is 12.4. The predicted octanol–water partition coefficient (Wildman–Crippen LogP) is 3.60. The second-order valence-electron chi connectivity index (χ2n) is 9.96. The molecule has 0 saturated carbocycles. The Bertz CT molecular complexity index is 1000. The van der Waals surface area contributed by atoms with Crippen molar-refractivity contribution in [3.05, 3.63) is 48.0 Å². The molecule has 10 heteroatoms. The minimum absolute atomic E-state index is 0.187. The zero-order valence-corrected chi connectivity index (χ0v) is 20.9. The van der Waals surface area contributed by atoms with Gasteiger partial charge in [-0.2, -0.15) is 0 Å². The molecule has 10 nitrogen and oxygen atoms in total. The van der Waals surface area contributed by atoms with Crippen LogP contribution in [0.2, 0.25) is 0 Å². The van der Waals surface area contributed by atoms with Gasteiger partial charge in [-0.3, -0.25) is 4.79 Å². The number of carbonyl (C=O) groups is 3. The molecule has 0 saturated heterocycles. The Morgan fingerprint density at radius 2 is 1.68 bits per heavy atom. The largest absolute Gasteiger partial charge is 0.444 e. The fraction of sp³-hybridized carbons (Fsp3) is 0.500. The first-order valence-electron chi connectivity index (χ1n) is 11.0. The lowest BCUT2D eigenvalue weighted by molar-refractivity contribution is -0.118. The van der Waals surface area contributed by atoms with Crippen molar-refractivity contribution in [2.24, 2.45) is 0 Å². The summed E-state index contributed by atoms with van der Waals surface area (Å²) < 4.78 is 12.4. The van der Waals surface area contributed by atoms with E-state index >= 15 is 0 Å². The second-order valence-corrected chi connectivity index (χ2v) is 9.96.